The van der Waals surface area contributed by atoms with Gasteiger partial charge in [0.1, 0.15) is 18.2 Å². The number of esters is 1. The molecule has 1 atom stereocenters. The number of ether oxygens (including phenoxy) is 3. The fourth-order valence-electron chi connectivity index (χ4n) is 3.26. The van der Waals surface area contributed by atoms with Crippen molar-refractivity contribution in [2.75, 3.05) is 20.8 Å². The predicted molar refractivity (Wildman–Crippen MR) is 107 cm³/mol. The van der Waals surface area contributed by atoms with Crippen molar-refractivity contribution in [1.82, 2.24) is 4.57 Å². The minimum absolute atomic E-state index is 0.107. The summed E-state index contributed by atoms with van der Waals surface area (Å²) in [6.07, 6.45) is 1.51. The van der Waals surface area contributed by atoms with Crippen molar-refractivity contribution in [3.8, 4) is 11.8 Å². The van der Waals surface area contributed by atoms with Crippen molar-refractivity contribution in [2.45, 2.75) is 33.4 Å². The highest BCUT2D eigenvalue weighted by Gasteiger charge is 2.17. The van der Waals surface area contributed by atoms with Crippen LogP contribution in [-0.4, -0.2) is 31.4 Å². The minimum atomic E-state index is -0.765. The Bertz CT molecular complexity index is 956. The van der Waals surface area contributed by atoms with E-state index in [1.54, 1.807) is 13.2 Å². The molecule has 1 aromatic carbocycles. The summed E-state index contributed by atoms with van der Waals surface area (Å²) >= 11 is 0. The number of carbonyl (C=O) groups is 1. The molecule has 0 spiro atoms. The molecule has 0 bridgehead atoms. The van der Waals surface area contributed by atoms with Crippen molar-refractivity contribution < 1.29 is 23.4 Å². The summed E-state index contributed by atoms with van der Waals surface area (Å²) in [6.45, 7) is 6.31. The topological polar surface area (TPSA) is 73.5 Å². The van der Waals surface area contributed by atoms with Crippen LogP contribution in [0, 0.1) is 31.0 Å². The number of nitriles is 1. The molecule has 0 aliphatic rings. The minimum Gasteiger partial charge on any atom is -0.494 e. The lowest BCUT2D eigenvalue weighted by Gasteiger charge is -2.17. The zero-order valence-electron chi connectivity index (χ0n) is 17.3. The molecule has 1 heterocycles. The van der Waals surface area contributed by atoms with Crippen molar-refractivity contribution in [2.24, 2.45) is 0 Å². The van der Waals surface area contributed by atoms with Gasteiger partial charge in [-0.25, -0.2) is 9.18 Å². The monoisotopic (exact) mass is 400 g/mol. The van der Waals surface area contributed by atoms with Crippen LogP contribution < -0.4 is 4.74 Å². The van der Waals surface area contributed by atoms with E-state index in [9.17, 15) is 14.4 Å². The van der Waals surface area contributed by atoms with Crippen LogP contribution in [0.4, 0.5) is 4.39 Å². The Morgan fingerprint density at radius 3 is 2.62 bits per heavy atom. The second-order valence-corrected chi connectivity index (χ2v) is 6.72. The predicted octanol–water partition coefficient (Wildman–Crippen LogP) is 4.11. The highest BCUT2D eigenvalue weighted by atomic mass is 19.1. The van der Waals surface area contributed by atoms with Crippen LogP contribution >= 0.6 is 0 Å². The van der Waals surface area contributed by atoms with Gasteiger partial charge < -0.3 is 18.8 Å². The number of benzene rings is 1. The number of halogens is 1. The normalized spacial score (nSPS) is 12.4. The Kier molecular flexibility index (Phi) is 7.57. The van der Waals surface area contributed by atoms with E-state index >= 15 is 0 Å². The second-order valence-electron chi connectivity index (χ2n) is 6.72. The molecular weight excluding hydrogens is 375 g/mol. The lowest BCUT2D eigenvalue weighted by Crippen LogP contribution is -2.13. The third-order valence-corrected chi connectivity index (χ3v) is 4.60. The summed E-state index contributed by atoms with van der Waals surface area (Å²) < 4.78 is 31.1. The average molecular weight is 400 g/mol. The fraction of sp³-hybridized carbons (Fsp3) is 0.364. The van der Waals surface area contributed by atoms with E-state index in [4.69, 9.17) is 14.2 Å². The Morgan fingerprint density at radius 2 is 2.03 bits per heavy atom. The van der Waals surface area contributed by atoms with Crippen molar-refractivity contribution in [3.05, 3.63) is 58.2 Å². The number of hydrogen-bond donors (Lipinski definition) is 0. The van der Waals surface area contributed by atoms with E-state index in [1.807, 2.05) is 32.9 Å². The number of nitrogens with zero attached hydrogens (tertiary/aromatic N) is 2. The van der Waals surface area contributed by atoms with Crippen LogP contribution in [0.1, 0.15) is 35.5 Å². The summed E-state index contributed by atoms with van der Waals surface area (Å²) in [5.74, 6) is -1.20. The lowest BCUT2D eigenvalue weighted by atomic mass is 10.1. The SMILES string of the molecule is COC[C@@H](C)n1c(C)cc(/C=C(\C#N)C(=O)OCc2ccc(OC)c(F)c2)c1C. The van der Waals surface area contributed by atoms with Gasteiger partial charge in [0, 0.05) is 18.5 Å². The highest BCUT2D eigenvalue weighted by Crippen LogP contribution is 2.23. The molecule has 0 radical (unpaired) electrons. The van der Waals surface area contributed by atoms with Gasteiger partial charge in [-0.2, -0.15) is 5.26 Å². The number of methoxy groups -OCH3 is 2. The van der Waals surface area contributed by atoms with Crippen LogP contribution in [-0.2, 0) is 20.9 Å². The number of rotatable bonds is 8. The first-order chi connectivity index (χ1) is 13.8. The molecule has 2 rings (SSSR count). The molecule has 0 saturated heterocycles. The van der Waals surface area contributed by atoms with Gasteiger partial charge in [0.05, 0.1) is 19.8 Å². The summed E-state index contributed by atoms with van der Waals surface area (Å²) in [7, 11) is 3.01. The van der Waals surface area contributed by atoms with E-state index in [0.29, 0.717) is 12.2 Å². The van der Waals surface area contributed by atoms with Gasteiger partial charge in [-0.05, 0) is 56.2 Å². The third kappa shape index (κ3) is 5.24. The van der Waals surface area contributed by atoms with Crippen LogP contribution in [0.5, 0.6) is 5.75 Å². The maximum Gasteiger partial charge on any atom is 0.349 e. The van der Waals surface area contributed by atoms with Crippen LogP contribution in [0.15, 0.2) is 29.8 Å². The molecule has 0 aliphatic carbocycles. The Morgan fingerprint density at radius 1 is 1.31 bits per heavy atom. The van der Waals surface area contributed by atoms with Crippen LogP contribution in [0.25, 0.3) is 6.08 Å². The summed E-state index contributed by atoms with van der Waals surface area (Å²) in [4.78, 5) is 12.3. The zero-order chi connectivity index (χ0) is 21.6. The largest absolute Gasteiger partial charge is 0.494 e. The molecule has 29 heavy (non-hydrogen) atoms. The van der Waals surface area contributed by atoms with Gasteiger partial charge in [-0.3, -0.25) is 0 Å². The van der Waals surface area contributed by atoms with Crippen LogP contribution in [0.3, 0.4) is 0 Å². The average Bonchev–Trinajstić information content (AvgIpc) is 2.97. The fourth-order valence-corrected chi connectivity index (χ4v) is 3.26. The molecule has 0 saturated carbocycles. The summed E-state index contributed by atoms with van der Waals surface area (Å²) in [5.41, 5.74) is 3.01. The quantitative estimate of drug-likeness (QED) is 0.379. The molecule has 0 N–H and O–H groups in total. The smallest absolute Gasteiger partial charge is 0.349 e. The molecule has 6 nitrogen and oxygen atoms in total. The molecule has 0 aliphatic heterocycles. The van der Waals surface area contributed by atoms with Gasteiger partial charge in [0.2, 0.25) is 0 Å². The van der Waals surface area contributed by atoms with E-state index < -0.39 is 11.8 Å². The first-order valence-corrected chi connectivity index (χ1v) is 9.11. The van der Waals surface area contributed by atoms with Crippen LogP contribution in [0.2, 0.25) is 0 Å². The highest BCUT2D eigenvalue weighted by molar-refractivity contribution is 5.98. The molecule has 0 amide bonds. The van der Waals surface area contributed by atoms with Gasteiger partial charge in [0.25, 0.3) is 0 Å². The van der Waals surface area contributed by atoms with E-state index in [2.05, 4.69) is 4.57 Å². The van der Waals surface area contributed by atoms with Gasteiger partial charge in [-0.1, -0.05) is 6.07 Å². The molecule has 2 aromatic rings. The first kappa shape index (κ1) is 22.2. The summed E-state index contributed by atoms with van der Waals surface area (Å²) in [5, 5.41) is 9.41. The van der Waals surface area contributed by atoms with E-state index in [-0.39, 0.29) is 24.0 Å². The zero-order valence-corrected chi connectivity index (χ0v) is 17.3. The number of carbonyl (C=O) groups excluding carboxylic acids is 1. The second kappa shape index (κ2) is 9.89. The molecule has 0 fully saturated rings. The Balaban J connectivity index is 2.17. The lowest BCUT2D eigenvalue weighted by molar-refractivity contribution is -0.139. The van der Waals surface area contributed by atoms with E-state index in [0.717, 1.165) is 17.0 Å². The molecule has 154 valence electrons. The number of aryl methyl sites for hydroxylation is 1. The number of aromatic nitrogens is 1. The molecule has 7 heteroatoms. The van der Waals surface area contributed by atoms with Gasteiger partial charge in [0.15, 0.2) is 11.6 Å². The van der Waals surface area contributed by atoms with Crippen molar-refractivity contribution in [3.63, 3.8) is 0 Å². The molecule has 0 unspecified atom stereocenters. The standard InChI is InChI=1S/C22H25FN2O4/c1-14-8-18(16(3)25(14)15(2)12-27-4)10-19(11-24)22(26)29-13-17-6-7-21(28-5)20(23)9-17/h6-10,15H,12-13H2,1-5H3/b19-10+/t15-/m1/s1. The number of hydrogen-bond acceptors (Lipinski definition) is 5. The maximum absolute atomic E-state index is 13.8. The molecular formula is C22H25FN2O4. The van der Waals surface area contributed by atoms with Crippen molar-refractivity contribution in [1.29, 1.82) is 5.26 Å². The van der Waals surface area contributed by atoms with Gasteiger partial charge >= 0.3 is 5.97 Å². The van der Waals surface area contributed by atoms with Crippen molar-refractivity contribution >= 4 is 12.0 Å². The maximum atomic E-state index is 13.8. The molecule has 1 aromatic heterocycles. The first-order valence-electron chi connectivity index (χ1n) is 9.11. The Labute approximate surface area is 170 Å². The summed E-state index contributed by atoms with van der Waals surface area (Å²) in [6, 6.07) is 8.18. The third-order valence-electron chi connectivity index (χ3n) is 4.60. The van der Waals surface area contributed by atoms with Gasteiger partial charge in [-0.15, -0.1) is 0 Å². The van der Waals surface area contributed by atoms with E-state index in [1.165, 1.54) is 25.3 Å². The Hall–Kier alpha value is -3.11.